The van der Waals surface area contributed by atoms with E-state index in [0.717, 1.165) is 11.3 Å². The van der Waals surface area contributed by atoms with Gasteiger partial charge in [-0.05, 0) is 31.0 Å². The molecule has 0 heterocycles. The van der Waals surface area contributed by atoms with E-state index in [9.17, 15) is 4.79 Å². The van der Waals surface area contributed by atoms with E-state index in [4.69, 9.17) is 4.74 Å². The van der Waals surface area contributed by atoms with Crippen LogP contribution >= 0.6 is 0 Å². The maximum absolute atomic E-state index is 11.0. The molecule has 0 aliphatic heterocycles. The second-order valence-corrected chi connectivity index (χ2v) is 3.75. The first-order valence-corrected chi connectivity index (χ1v) is 5.61. The Labute approximate surface area is 96.8 Å². The largest absolute Gasteiger partial charge is 0.491 e. The third-order valence-electron chi connectivity index (χ3n) is 2.56. The molecule has 0 saturated heterocycles. The zero-order valence-corrected chi connectivity index (χ0v) is 10.2. The number of rotatable bonds is 5. The molecular formula is C13H19NO2. The average molecular weight is 221 g/mol. The third kappa shape index (κ3) is 3.57. The van der Waals surface area contributed by atoms with Crippen LogP contribution in [0.4, 0.5) is 0 Å². The van der Waals surface area contributed by atoms with Crippen molar-refractivity contribution in [3.63, 3.8) is 0 Å². The number of hydrogen-bond donors (Lipinski definition) is 1. The number of nitrogens with one attached hydrogen (secondary N) is 1. The zero-order valence-electron chi connectivity index (χ0n) is 10.2. The highest BCUT2D eigenvalue weighted by molar-refractivity contribution is 5.75. The lowest BCUT2D eigenvalue weighted by atomic mass is 10.1. The van der Waals surface area contributed by atoms with Gasteiger partial charge in [-0.1, -0.05) is 19.1 Å². The molecule has 0 fully saturated rings. The van der Waals surface area contributed by atoms with Crippen LogP contribution in [-0.2, 0) is 4.79 Å². The van der Waals surface area contributed by atoms with Crippen molar-refractivity contribution in [1.82, 2.24) is 5.32 Å². The van der Waals surface area contributed by atoms with Gasteiger partial charge in [0.15, 0.2) is 0 Å². The van der Waals surface area contributed by atoms with Crippen LogP contribution in [0, 0.1) is 13.8 Å². The molecule has 0 radical (unpaired) electrons. The molecule has 3 heteroatoms. The number of aryl methyl sites for hydroxylation is 1. The number of hydrogen-bond acceptors (Lipinski definition) is 2. The zero-order chi connectivity index (χ0) is 12.0. The Balaban J connectivity index is 2.38. The van der Waals surface area contributed by atoms with Gasteiger partial charge in [0.1, 0.15) is 12.4 Å². The van der Waals surface area contributed by atoms with Gasteiger partial charge in [0.05, 0.1) is 6.54 Å². The molecular weight excluding hydrogens is 202 g/mol. The van der Waals surface area contributed by atoms with E-state index in [-0.39, 0.29) is 5.91 Å². The quantitative estimate of drug-likeness (QED) is 0.774. The van der Waals surface area contributed by atoms with Crippen LogP contribution < -0.4 is 10.1 Å². The minimum absolute atomic E-state index is 0.0598. The molecule has 0 bridgehead atoms. The summed E-state index contributed by atoms with van der Waals surface area (Å²) >= 11 is 0. The summed E-state index contributed by atoms with van der Waals surface area (Å²) in [5.74, 6) is 0.954. The molecule has 16 heavy (non-hydrogen) atoms. The highest BCUT2D eigenvalue weighted by atomic mass is 16.5. The minimum atomic E-state index is 0.0598. The summed E-state index contributed by atoms with van der Waals surface area (Å²) in [6, 6.07) is 5.98. The molecule has 1 N–H and O–H groups in total. The summed E-state index contributed by atoms with van der Waals surface area (Å²) in [4.78, 5) is 11.0. The normalized spacial score (nSPS) is 9.94. The maximum Gasteiger partial charge on any atom is 0.219 e. The van der Waals surface area contributed by atoms with Crippen LogP contribution in [-0.4, -0.2) is 19.1 Å². The van der Waals surface area contributed by atoms with E-state index in [1.165, 1.54) is 5.56 Å². The summed E-state index contributed by atoms with van der Waals surface area (Å²) in [6.07, 6.45) is 0.517. The molecule has 0 aliphatic rings. The van der Waals surface area contributed by atoms with Gasteiger partial charge in [-0.25, -0.2) is 0 Å². The molecule has 0 aromatic heterocycles. The molecule has 0 spiro atoms. The minimum Gasteiger partial charge on any atom is -0.491 e. The average Bonchev–Trinajstić information content (AvgIpc) is 2.29. The molecule has 1 rings (SSSR count). The second-order valence-electron chi connectivity index (χ2n) is 3.75. The Kier molecular flexibility index (Phi) is 4.83. The molecule has 1 aromatic carbocycles. The first-order valence-electron chi connectivity index (χ1n) is 5.61. The molecule has 0 saturated carbocycles. The van der Waals surface area contributed by atoms with Crippen LogP contribution in [0.15, 0.2) is 18.2 Å². The fraction of sp³-hybridized carbons (Fsp3) is 0.462. The van der Waals surface area contributed by atoms with Crippen molar-refractivity contribution >= 4 is 5.91 Å². The number of carbonyl (C=O) groups excluding carboxylic acids is 1. The van der Waals surface area contributed by atoms with Crippen molar-refractivity contribution < 1.29 is 9.53 Å². The lowest BCUT2D eigenvalue weighted by molar-refractivity contribution is -0.120. The van der Waals surface area contributed by atoms with Gasteiger partial charge in [-0.2, -0.15) is 0 Å². The van der Waals surface area contributed by atoms with Gasteiger partial charge < -0.3 is 10.1 Å². The van der Waals surface area contributed by atoms with E-state index >= 15 is 0 Å². The van der Waals surface area contributed by atoms with Gasteiger partial charge in [-0.3, -0.25) is 4.79 Å². The van der Waals surface area contributed by atoms with Gasteiger partial charge in [-0.15, -0.1) is 0 Å². The SMILES string of the molecule is CCC(=O)NCCOc1cccc(C)c1C. The summed E-state index contributed by atoms with van der Waals surface area (Å²) in [5, 5.41) is 2.77. The lowest BCUT2D eigenvalue weighted by Gasteiger charge is -2.11. The molecule has 1 amide bonds. The monoisotopic (exact) mass is 221 g/mol. The van der Waals surface area contributed by atoms with E-state index in [0.29, 0.717) is 19.6 Å². The number of carbonyl (C=O) groups is 1. The summed E-state index contributed by atoms with van der Waals surface area (Å²) in [5.41, 5.74) is 2.37. The fourth-order valence-corrected chi connectivity index (χ4v) is 1.36. The van der Waals surface area contributed by atoms with Crippen LogP contribution in [0.1, 0.15) is 24.5 Å². The van der Waals surface area contributed by atoms with Crippen molar-refractivity contribution in [3.8, 4) is 5.75 Å². The van der Waals surface area contributed by atoms with Crippen molar-refractivity contribution in [3.05, 3.63) is 29.3 Å². The maximum atomic E-state index is 11.0. The fourth-order valence-electron chi connectivity index (χ4n) is 1.36. The Hall–Kier alpha value is -1.51. The van der Waals surface area contributed by atoms with E-state index in [1.54, 1.807) is 0 Å². The van der Waals surface area contributed by atoms with Crippen LogP contribution in [0.2, 0.25) is 0 Å². The van der Waals surface area contributed by atoms with Gasteiger partial charge in [0, 0.05) is 6.42 Å². The number of amides is 1. The number of ether oxygens (including phenoxy) is 1. The van der Waals surface area contributed by atoms with Gasteiger partial charge in [0.25, 0.3) is 0 Å². The van der Waals surface area contributed by atoms with Crippen molar-refractivity contribution in [2.45, 2.75) is 27.2 Å². The van der Waals surface area contributed by atoms with E-state index in [2.05, 4.69) is 18.3 Å². The molecule has 0 aliphatic carbocycles. The summed E-state index contributed by atoms with van der Waals surface area (Å²) in [7, 11) is 0. The van der Waals surface area contributed by atoms with Crippen LogP contribution in [0.25, 0.3) is 0 Å². The predicted molar refractivity (Wildman–Crippen MR) is 64.7 cm³/mol. The highest BCUT2D eigenvalue weighted by Crippen LogP contribution is 2.20. The first-order chi connectivity index (χ1) is 7.65. The van der Waals surface area contributed by atoms with E-state index in [1.807, 2.05) is 26.0 Å². The third-order valence-corrected chi connectivity index (χ3v) is 2.56. The van der Waals surface area contributed by atoms with Gasteiger partial charge >= 0.3 is 0 Å². The highest BCUT2D eigenvalue weighted by Gasteiger charge is 2.01. The van der Waals surface area contributed by atoms with Crippen molar-refractivity contribution in [2.24, 2.45) is 0 Å². The smallest absolute Gasteiger partial charge is 0.219 e. The van der Waals surface area contributed by atoms with Crippen molar-refractivity contribution in [2.75, 3.05) is 13.2 Å². The Morgan fingerprint density at radius 1 is 1.38 bits per heavy atom. The Morgan fingerprint density at radius 3 is 2.81 bits per heavy atom. The van der Waals surface area contributed by atoms with Crippen LogP contribution in [0.5, 0.6) is 5.75 Å². The molecule has 1 aromatic rings. The van der Waals surface area contributed by atoms with Crippen molar-refractivity contribution in [1.29, 1.82) is 0 Å². The molecule has 0 unspecified atom stereocenters. The predicted octanol–water partition coefficient (Wildman–Crippen LogP) is 2.21. The second kappa shape index (κ2) is 6.16. The van der Waals surface area contributed by atoms with Crippen LogP contribution in [0.3, 0.4) is 0 Å². The Bertz CT molecular complexity index is 361. The van der Waals surface area contributed by atoms with E-state index < -0.39 is 0 Å². The van der Waals surface area contributed by atoms with Gasteiger partial charge in [0.2, 0.25) is 5.91 Å². The number of benzene rings is 1. The molecule has 88 valence electrons. The topological polar surface area (TPSA) is 38.3 Å². The lowest BCUT2D eigenvalue weighted by Crippen LogP contribution is -2.27. The molecule has 3 nitrogen and oxygen atoms in total. The standard InChI is InChI=1S/C13H19NO2/c1-4-13(15)14-8-9-16-12-7-5-6-10(2)11(12)3/h5-7H,4,8-9H2,1-3H3,(H,14,15). The summed E-state index contributed by atoms with van der Waals surface area (Å²) < 4.78 is 5.60. The first kappa shape index (κ1) is 12.6. The molecule has 0 atom stereocenters. The Morgan fingerprint density at radius 2 is 2.12 bits per heavy atom. The summed E-state index contributed by atoms with van der Waals surface area (Å²) in [6.45, 7) is 6.99.